The van der Waals surface area contributed by atoms with E-state index in [2.05, 4.69) is 21.4 Å². The van der Waals surface area contributed by atoms with E-state index >= 15 is 0 Å². The van der Waals surface area contributed by atoms with E-state index < -0.39 is 0 Å². The highest BCUT2D eigenvalue weighted by Crippen LogP contribution is 2.36. The molecule has 1 aromatic carbocycles. The lowest BCUT2D eigenvalue weighted by atomic mass is 10.0. The van der Waals surface area contributed by atoms with Crippen molar-refractivity contribution in [1.82, 2.24) is 5.43 Å². The monoisotopic (exact) mass is 312 g/mol. The van der Waals surface area contributed by atoms with Crippen LogP contribution in [0.3, 0.4) is 0 Å². The molecule has 1 heterocycles. The third kappa shape index (κ3) is 2.52. The first-order valence-corrected chi connectivity index (χ1v) is 6.77. The molecule has 1 unspecified atom stereocenters. The molecule has 0 aliphatic rings. The predicted octanol–water partition coefficient (Wildman–Crippen LogP) is 3.07. The van der Waals surface area contributed by atoms with Gasteiger partial charge in [-0.15, -0.1) is 11.3 Å². The van der Waals surface area contributed by atoms with Gasteiger partial charge >= 0.3 is 0 Å². The maximum absolute atomic E-state index is 5.67. The number of rotatable bonds is 4. The molecule has 0 aliphatic carbocycles. The van der Waals surface area contributed by atoms with Crippen molar-refractivity contribution in [1.29, 1.82) is 0 Å². The summed E-state index contributed by atoms with van der Waals surface area (Å²) in [5, 5.41) is 2.03. The fraction of sp³-hybridized carbons (Fsp3) is 0.167. The fourth-order valence-corrected chi connectivity index (χ4v) is 3.40. The van der Waals surface area contributed by atoms with E-state index in [-0.39, 0.29) is 6.04 Å². The van der Waals surface area contributed by atoms with Gasteiger partial charge in [-0.1, -0.05) is 18.2 Å². The van der Waals surface area contributed by atoms with Gasteiger partial charge in [0.1, 0.15) is 5.75 Å². The van der Waals surface area contributed by atoms with E-state index in [0.29, 0.717) is 0 Å². The number of para-hydroxylation sites is 1. The van der Waals surface area contributed by atoms with Crippen LogP contribution >= 0.6 is 27.3 Å². The average Bonchev–Trinajstić information content (AvgIpc) is 2.78. The normalized spacial score (nSPS) is 12.4. The van der Waals surface area contributed by atoms with E-state index in [1.165, 1.54) is 0 Å². The molecule has 2 rings (SSSR count). The number of nitrogens with two attached hydrogens (primary N) is 1. The Morgan fingerprint density at radius 2 is 2.12 bits per heavy atom. The van der Waals surface area contributed by atoms with Gasteiger partial charge in [-0.3, -0.25) is 5.84 Å². The van der Waals surface area contributed by atoms with Crippen molar-refractivity contribution in [2.24, 2.45) is 5.84 Å². The summed E-state index contributed by atoms with van der Waals surface area (Å²) in [4.78, 5) is 1.14. The zero-order valence-corrected chi connectivity index (χ0v) is 11.7. The summed E-state index contributed by atoms with van der Waals surface area (Å²) in [6.45, 7) is 0. The topological polar surface area (TPSA) is 47.3 Å². The number of benzene rings is 1. The lowest BCUT2D eigenvalue weighted by molar-refractivity contribution is 0.404. The first kappa shape index (κ1) is 12.6. The number of ether oxygens (including phenoxy) is 1. The molecule has 5 heteroatoms. The van der Waals surface area contributed by atoms with Crippen molar-refractivity contribution < 1.29 is 4.74 Å². The number of thiophene rings is 1. The molecule has 0 amide bonds. The first-order valence-electron chi connectivity index (χ1n) is 5.10. The summed E-state index contributed by atoms with van der Waals surface area (Å²) in [5.41, 5.74) is 3.87. The van der Waals surface area contributed by atoms with Gasteiger partial charge in [-0.25, -0.2) is 5.43 Å². The Bertz CT molecular complexity index is 501. The SMILES string of the molecule is COc1ccccc1C(NN)c1sccc1Br. The fourth-order valence-electron chi connectivity index (χ4n) is 1.72. The van der Waals surface area contributed by atoms with E-state index in [0.717, 1.165) is 20.7 Å². The van der Waals surface area contributed by atoms with Gasteiger partial charge in [0.25, 0.3) is 0 Å². The van der Waals surface area contributed by atoms with Crippen LogP contribution in [-0.4, -0.2) is 7.11 Å². The molecule has 17 heavy (non-hydrogen) atoms. The molecule has 0 radical (unpaired) electrons. The number of hydrogen-bond donors (Lipinski definition) is 2. The molecular weight excluding hydrogens is 300 g/mol. The smallest absolute Gasteiger partial charge is 0.124 e. The van der Waals surface area contributed by atoms with Crippen molar-refractivity contribution in [2.75, 3.05) is 7.11 Å². The number of halogens is 1. The minimum atomic E-state index is -0.0690. The van der Waals surface area contributed by atoms with Crippen molar-refractivity contribution >= 4 is 27.3 Å². The molecule has 2 aromatic rings. The van der Waals surface area contributed by atoms with E-state index in [9.17, 15) is 0 Å². The maximum Gasteiger partial charge on any atom is 0.124 e. The Labute approximate surface area is 113 Å². The highest BCUT2D eigenvalue weighted by atomic mass is 79.9. The summed E-state index contributed by atoms with van der Waals surface area (Å²) in [6.07, 6.45) is 0. The number of hydrogen-bond acceptors (Lipinski definition) is 4. The molecule has 0 bridgehead atoms. The van der Waals surface area contributed by atoms with Gasteiger partial charge in [0.15, 0.2) is 0 Å². The molecule has 0 fully saturated rings. The zero-order chi connectivity index (χ0) is 12.3. The van der Waals surface area contributed by atoms with Crippen LogP contribution in [0.25, 0.3) is 0 Å². The van der Waals surface area contributed by atoms with E-state index in [1.807, 2.05) is 35.7 Å². The Morgan fingerprint density at radius 3 is 2.71 bits per heavy atom. The number of nitrogens with one attached hydrogen (secondary N) is 1. The van der Waals surface area contributed by atoms with Crippen LogP contribution in [0, 0.1) is 0 Å². The van der Waals surface area contributed by atoms with E-state index in [1.54, 1.807) is 18.4 Å². The predicted molar refractivity (Wildman–Crippen MR) is 74.2 cm³/mol. The lowest BCUT2D eigenvalue weighted by Crippen LogP contribution is -2.28. The van der Waals surface area contributed by atoms with Crippen LogP contribution in [0.2, 0.25) is 0 Å². The second kappa shape index (κ2) is 5.64. The Balaban J connectivity index is 2.46. The van der Waals surface area contributed by atoms with Crippen molar-refractivity contribution in [3.63, 3.8) is 0 Å². The standard InChI is InChI=1S/C12H13BrN2OS/c1-16-10-5-3-2-4-8(10)11(15-14)12-9(13)6-7-17-12/h2-7,11,15H,14H2,1H3. The molecule has 0 saturated heterocycles. The molecule has 0 aliphatic heterocycles. The van der Waals surface area contributed by atoms with Gasteiger partial charge < -0.3 is 4.74 Å². The molecule has 0 saturated carbocycles. The van der Waals surface area contributed by atoms with Crippen LogP contribution in [0.4, 0.5) is 0 Å². The van der Waals surface area contributed by atoms with E-state index in [4.69, 9.17) is 10.6 Å². The van der Waals surface area contributed by atoms with Crippen LogP contribution in [0.15, 0.2) is 40.2 Å². The molecular formula is C12H13BrN2OS. The summed E-state index contributed by atoms with van der Waals surface area (Å²) in [5.74, 6) is 6.50. The third-order valence-corrected chi connectivity index (χ3v) is 4.46. The van der Waals surface area contributed by atoms with Crippen LogP contribution in [-0.2, 0) is 0 Å². The van der Waals surface area contributed by atoms with Crippen molar-refractivity contribution in [3.05, 3.63) is 50.6 Å². The zero-order valence-electron chi connectivity index (χ0n) is 9.31. The molecule has 1 atom stereocenters. The quantitative estimate of drug-likeness (QED) is 0.674. The summed E-state index contributed by atoms with van der Waals surface area (Å²) >= 11 is 5.18. The Hall–Kier alpha value is -0.880. The Kier molecular flexibility index (Phi) is 4.17. The third-order valence-electron chi connectivity index (χ3n) is 2.52. The second-order valence-electron chi connectivity index (χ2n) is 3.47. The van der Waals surface area contributed by atoms with Crippen LogP contribution in [0.1, 0.15) is 16.5 Å². The molecule has 0 spiro atoms. The van der Waals surface area contributed by atoms with Gasteiger partial charge in [-0.05, 0) is 33.4 Å². The Morgan fingerprint density at radius 1 is 1.35 bits per heavy atom. The second-order valence-corrected chi connectivity index (χ2v) is 5.28. The first-order chi connectivity index (χ1) is 8.27. The lowest BCUT2D eigenvalue weighted by Gasteiger charge is -2.18. The summed E-state index contributed by atoms with van der Waals surface area (Å²) in [7, 11) is 1.66. The number of methoxy groups -OCH3 is 1. The van der Waals surface area contributed by atoms with Crippen molar-refractivity contribution in [3.8, 4) is 5.75 Å². The van der Waals surface area contributed by atoms with Gasteiger partial charge in [0, 0.05) is 14.9 Å². The van der Waals surface area contributed by atoms with Crippen LogP contribution in [0.5, 0.6) is 5.75 Å². The highest BCUT2D eigenvalue weighted by Gasteiger charge is 2.19. The molecule has 3 N–H and O–H groups in total. The molecule has 90 valence electrons. The molecule has 1 aromatic heterocycles. The molecule has 3 nitrogen and oxygen atoms in total. The van der Waals surface area contributed by atoms with Gasteiger partial charge in [-0.2, -0.15) is 0 Å². The maximum atomic E-state index is 5.67. The largest absolute Gasteiger partial charge is 0.496 e. The average molecular weight is 313 g/mol. The highest BCUT2D eigenvalue weighted by molar-refractivity contribution is 9.10. The van der Waals surface area contributed by atoms with Gasteiger partial charge in [0.05, 0.1) is 13.2 Å². The summed E-state index contributed by atoms with van der Waals surface area (Å²) in [6, 6.07) is 9.81. The number of hydrazine groups is 1. The van der Waals surface area contributed by atoms with Gasteiger partial charge in [0.2, 0.25) is 0 Å². The summed E-state index contributed by atoms with van der Waals surface area (Å²) < 4.78 is 6.41. The van der Waals surface area contributed by atoms with Crippen molar-refractivity contribution in [2.45, 2.75) is 6.04 Å². The van der Waals surface area contributed by atoms with Crippen LogP contribution < -0.4 is 16.0 Å². The minimum absolute atomic E-state index is 0.0690. The minimum Gasteiger partial charge on any atom is -0.496 e.